The summed E-state index contributed by atoms with van der Waals surface area (Å²) in [6.07, 6.45) is -3.30. The molecule has 3 rings (SSSR count). The van der Waals surface area contributed by atoms with Crippen molar-refractivity contribution in [1.29, 1.82) is 5.26 Å². The number of allylic oxidation sites excluding steroid dienone is 1. The van der Waals surface area contributed by atoms with Crippen LogP contribution in [0.2, 0.25) is 5.02 Å². The first-order valence-corrected chi connectivity index (χ1v) is 9.17. The first kappa shape index (κ1) is 19.9. The third kappa shape index (κ3) is 4.33. The Morgan fingerprint density at radius 3 is 2.39 bits per heavy atom. The molecule has 0 fully saturated rings. The van der Waals surface area contributed by atoms with Crippen LogP contribution in [0.4, 0.5) is 13.2 Å². The third-order valence-corrected chi connectivity index (χ3v) is 5.24. The van der Waals surface area contributed by atoms with Crippen molar-refractivity contribution in [2.75, 3.05) is 0 Å². The Morgan fingerprint density at radius 2 is 1.79 bits per heavy atom. The number of thiophene rings is 1. The summed E-state index contributed by atoms with van der Waals surface area (Å²) in [6.45, 7) is 0. The normalized spacial score (nSPS) is 11.9. The molecule has 0 aliphatic heterocycles. The van der Waals surface area contributed by atoms with E-state index in [9.17, 15) is 23.2 Å². The summed E-state index contributed by atoms with van der Waals surface area (Å²) >= 11 is 6.22. The van der Waals surface area contributed by atoms with Gasteiger partial charge in [-0.1, -0.05) is 54.1 Å². The number of nitriles is 1. The van der Waals surface area contributed by atoms with Crippen LogP contribution < -0.4 is 0 Å². The Balaban J connectivity index is 2.07. The predicted octanol–water partition coefficient (Wildman–Crippen LogP) is 6.88. The van der Waals surface area contributed by atoms with Crippen LogP contribution in [0.25, 0.3) is 17.2 Å². The summed E-state index contributed by atoms with van der Waals surface area (Å²) in [5.74, 6) is -0.764. The molecule has 0 amide bonds. The number of rotatable bonds is 4. The number of carbonyl (C=O) groups is 1. The number of hydrogen-bond donors (Lipinski definition) is 0. The zero-order valence-corrected chi connectivity index (χ0v) is 15.7. The molecule has 28 heavy (non-hydrogen) atoms. The summed E-state index contributed by atoms with van der Waals surface area (Å²) in [7, 11) is 0. The molecule has 0 radical (unpaired) electrons. The van der Waals surface area contributed by atoms with Gasteiger partial charge in [0.2, 0.25) is 5.78 Å². The highest BCUT2D eigenvalue weighted by Gasteiger charge is 2.37. The second kappa shape index (κ2) is 8.01. The molecule has 1 heterocycles. The fourth-order valence-electron chi connectivity index (χ4n) is 2.59. The van der Waals surface area contributed by atoms with E-state index in [1.165, 1.54) is 12.1 Å². The van der Waals surface area contributed by atoms with E-state index in [2.05, 4.69) is 0 Å². The monoisotopic (exact) mass is 417 g/mol. The molecule has 7 heteroatoms. The Bertz CT molecular complexity index is 1090. The molecule has 0 N–H and O–H groups in total. The lowest BCUT2D eigenvalue weighted by atomic mass is 10.0. The highest BCUT2D eigenvalue weighted by Crippen LogP contribution is 2.43. The quantitative estimate of drug-likeness (QED) is 0.264. The van der Waals surface area contributed by atoms with Crippen LogP contribution in [-0.4, -0.2) is 5.78 Å². The van der Waals surface area contributed by atoms with Gasteiger partial charge in [0, 0.05) is 10.6 Å². The van der Waals surface area contributed by atoms with Crippen molar-refractivity contribution in [1.82, 2.24) is 0 Å². The summed E-state index contributed by atoms with van der Waals surface area (Å²) in [6, 6.07) is 17.4. The summed E-state index contributed by atoms with van der Waals surface area (Å²) in [5.41, 5.74) is 0.508. The standard InChI is InChI=1S/C21H11ClF3NOS/c22-16-8-4-5-13(10-16)9-15(12-26)19(27)18-11-17(14-6-2-1-3-7-14)20(28-18)21(23,24)25/h1-11H/b15-9-. The number of benzene rings is 2. The molecule has 3 aromatic rings. The van der Waals surface area contributed by atoms with Gasteiger partial charge in [-0.25, -0.2) is 0 Å². The van der Waals surface area contributed by atoms with E-state index in [1.807, 2.05) is 0 Å². The number of alkyl halides is 3. The van der Waals surface area contributed by atoms with Gasteiger partial charge in [-0.05, 0) is 35.4 Å². The van der Waals surface area contributed by atoms with Crippen molar-refractivity contribution in [3.05, 3.63) is 86.6 Å². The molecule has 0 saturated carbocycles. The van der Waals surface area contributed by atoms with Crippen LogP contribution in [0.15, 0.2) is 66.2 Å². The van der Waals surface area contributed by atoms with Crippen molar-refractivity contribution < 1.29 is 18.0 Å². The van der Waals surface area contributed by atoms with Crippen molar-refractivity contribution >= 4 is 34.8 Å². The number of hydrogen-bond acceptors (Lipinski definition) is 3. The minimum Gasteiger partial charge on any atom is -0.287 e. The number of Topliss-reactive ketones (excluding diaryl/α,β-unsaturated/α-hetero) is 1. The highest BCUT2D eigenvalue weighted by molar-refractivity contribution is 7.14. The van der Waals surface area contributed by atoms with E-state index >= 15 is 0 Å². The van der Waals surface area contributed by atoms with Crippen LogP contribution in [0, 0.1) is 11.3 Å². The minimum absolute atomic E-state index is 0.0819. The van der Waals surface area contributed by atoms with Gasteiger partial charge in [-0.15, -0.1) is 11.3 Å². The van der Waals surface area contributed by atoms with Crippen LogP contribution >= 0.6 is 22.9 Å². The largest absolute Gasteiger partial charge is 0.426 e. The van der Waals surface area contributed by atoms with Crippen molar-refractivity contribution in [3.63, 3.8) is 0 Å². The fourth-order valence-corrected chi connectivity index (χ4v) is 3.79. The molecule has 0 atom stereocenters. The maximum atomic E-state index is 13.5. The Hall–Kier alpha value is -2.88. The smallest absolute Gasteiger partial charge is 0.287 e. The second-order valence-electron chi connectivity index (χ2n) is 5.77. The second-order valence-corrected chi connectivity index (χ2v) is 7.26. The van der Waals surface area contributed by atoms with Crippen LogP contribution in [0.3, 0.4) is 0 Å². The highest BCUT2D eigenvalue weighted by atomic mass is 35.5. The van der Waals surface area contributed by atoms with Gasteiger partial charge < -0.3 is 0 Å². The van der Waals surface area contributed by atoms with Gasteiger partial charge in [0.15, 0.2) is 0 Å². The van der Waals surface area contributed by atoms with Crippen molar-refractivity contribution in [2.45, 2.75) is 6.18 Å². The van der Waals surface area contributed by atoms with Gasteiger partial charge in [-0.2, -0.15) is 18.4 Å². The summed E-state index contributed by atoms with van der Waals surface area (Å²) < 4.78 is 40.5. The first-order valence-electron chi connectivity index (χ1n) is 7.98. The fraction of sp³-hybridized carbons (Fsp3) is 0.0476. The Kier molecular flexibility index (Phi) is 5.68. The van der Waals surface area contributed by atoms with Gasteiger partial charge >= 0.3 is 6.18 Å². The van der Waals surface area contributed by atoms with E-state index < -0.39 is 16.8 Å². The molecular formula is C21H11ClF3NOS. The maximum absolute atomic E-state index is 13.5. The van der Waals surface area contributed by atoms with E-state index in [0.717, 1.165) is 0 Å². The molecule has 140 valence electrons. The average Bonchev–Trinajstić information content (AvgIpc) is 3.12. The van der Waals surface area contributed by atoms with Crippen LogP contribution in [0.1, 0.15) is 20.1 Å². The molecule has 0 aliphatic carbocycles. The van der Waals surface area contributed by atoms with E-state index in [4.69, 9.17) is 11.6 Å². The maximum Gasteiger partial charge on any atom is 0.426 e. The lowest BCUT2D eigenvalue weighted by Gasteiger charge is -2.07. The van der Waals surface area contributed by atoms with Gasteiger partial charge in [0.05, 0.1) is 4.88 Å². The van der Waals surface area contributed by atoms with E-state index in [-0.39, 0.29) is 16.0 Å². The number of halogens is 4. The minimum atomic E-state index is -4.61. The zero-order chi connectivity index (χ0) is 20.3. The molecule has 1 aromatic heterocycles. The molecule has 0 aliphatic rings. The molecule has 0 saturated heterocycles. The molecule has 2 aromatic carbocycles. The molecule has 2 nitrogen and oxygen atoms in total. The molecule has 0 bridgehead atoms. The van der Waals surface area contributed by atoms with Crippen molar-refractivity contribution in [2.24, 2.45) is 0 Å². The summed E-state index contributed by atoms with van der Waals surface area (Å²) in [5, 5.41) is 9.77. The van der Waals surface area contributed by atoms with Crippen LogP contribution in [0.5, 0.6) is 0 Å². The first-order chi connectivity index (χ1) is 13.3. The number of ketones is 1. The topological polar surface area (TPSA) is 40.9 Å². The molecular weight excluding hydrogens is 407 g/mol. The van der Waals surface area contributed by atoms with Crippen molar-refractivity contribution in [3.8, 4) is 17.2 Å². The van der Waals surface area contributed by atoms with Crippen LogP contribution in [-0.2, 0) is 6.18 Å². The van der Waals surface area contributed by atoms with Gasteiger partial charge in [0.25, 0.3) is 0 Å². The lowest BCUT2D eigenvalue weighted by Crippen LogP contribution is -2.03. The SMILES string of the molecule is N#C/C(=C/c1cccc(Cl)c1)C(=O)c1cc(-c2ccccc2)c(C(F)(F)F)s1. The average molecular weight is 418 g/mol. The van der Waals surface area contributed by atoms with E-state index in [1.54, 1.807) is 60.7 Å². The third-order valence-electron chi connectivity index (χ3n) is 3.82. The van der Waals surface area contributed by atoms with E-state index in [0.29, 0.717) is 27.5 Å². The van der Waals surface area contributed by atoms with Gasteiger partial charge in [0.1, 0.15) is 16.5 Å². The zero-order valence-electron chi connectivity index (χ0n) is 14.1. The Labute approximate surface area is 168 Å². The number of nitrogens with zero attached hydrogens (tertiary/aromatic N) is 1. The predicted molar refractivity (Wildman–Crippen MR) is 104 cm³/mol. The molecule has 0 spiro atoms. The number of carbonyl (C=O) groups excluding carboxylic acids is 1. The Morgan fingerprint density at radius 1 is 1.07 bits per heavy atom. The lowest BCUT2D eigenvalue weighted by molar-refractivity contribution is -0.133. The van der Waals surface area contributed by atoms with Gasteiger partial charge in [-0.3, -0.25) is 4.79 Å². The molecule has 0 unspecified atom stereocenters. The summed E-state index contributed by atoms with van der Waals surface area (Å²) in [4.78, 5) is 11.7.